The van der Waals surface area contributed by atoms with E-state index in [1.165, 1.54) is 0 Å². The smallest absolute Gasteiger partial charge is 0.243 e. The summed E-state index contributed by atoms with van der Waals surface area (Å²) < 4.78 is 10.4. The number of rotatable bonds is 6. The van der Waals surface area contributed by atoms with Crippen LogP contribution in [0, 0.1) is 0 Å². The van der Waals surface area contributed by atoms with Gasteiger partial charge in [0, 0.05) is 7.11 Å². The van der Waals surface area contributed by atoms with Crippen LogP contribution in [0.5, 0.6) is 0 Å². The zero-order valence-electron chi connectivity index (χ0n) is 9.56. The van der Waals surface area contributed by atoms with E-state index in [1.54, 1.807) is 7.11 Å². The summed E-state index contributed by atoms with van der Waals surface area (Å²) in [6.45, 7) is 4.07. The molecule has 2 N–H and O–H groups in total. The minimum atomic E-state index is -0.176. The van der Waals surface area contributed by atoms with Gasteiger partial charge in [0.25, 0.3) is 0 Å². The Labute approximate surface area is 90.0 Å². The number of hydrogen-bond donors (Lipinski definition) is 1. The quantitative estimate of drug-likeness (QED) is 0.782. The summed E-state index contributed by atoms with van der Waals surface area (Å²) in [5.74, 6) is 1.09. The molecule has 1 aromatic rings. The van der Waals surface area contributed by atoms with Gasteiger partial charge < -0.3 is 15.0 Å². The maximum Gasteiger partial charge on any atom is 0.243 e. The van der Waals surface area contributed by atoms with Gasteiger partial charge >= 0.3 is 0 Å². The molecule has 0 saturated heterocycles. The first-order valence-corrected chi connectivity index (χ1v) is 5.34. The maximum absolute atomic E-state index is 5.79. The van der Waals surface area contributed by atoms with E-state index in [0.29, 0.717) is 11.7 Å². The highest BCUT2D eigenvalue weighted by Gasteiger charge is 2.19. The first-order chi connectivity index (χ1) is 7.22. The van der Waals surface area contributed by atoms with E-state index >= 15 is 0 Å². The molecular formula is C10H19N3O2. The SMILES string of the molecule is CCCC(OC)c1noc([C@@H](N)CC)n1. The Bertz CT molecular complexity index is 288. The number of nitrogens with two attached hydrogens (primary N) is 1. The second kappa shape index (κ2) is 5.82. The standard InChI is InChI=1S/C10H19N3O2/c1-4-6-8(14-3)9-12-10(15-13-9)7(11)5-2/h7-8H,4-6,11H2,1-3H3/t7-,8?/m0/s1. The van der Waals surface area contributed by atoms with Gasteiger partial charge in [-0.25, -0.2) is 0 Å². The molecule has 5 nitrogen and oxygen atoms in total. The second-order valence-electron chi connectivity index (χ2n) is 3.52. The number of nitrogens with zero attached hydrogens (tertiary/aromatic N) is 2. The predicted molar refractivity (Wildman–Crippen MR) is 56.2 cm³/mol. The van der Waals surface area contributed by atoms with Crippen LogP contribution >= 0.6 is 0 Å². The van der Waals surface area contributed by atoms with Crippen LogP contribution in [0.2, 0.25) is 0 Å². The van der Waals surface area contributed by atoms with Gasteiger partial charge in [-0.05, 0) is 12.8 Å². The number of methoxy groups -OCH3 is 1. The minimum absolute atomic E-state index is 0.0865. The van der Waals surface area contributed by atoms with E-state index in [0.717, 1.165) is 19.3 Å². The maximum atomic E-state index is 5.79. The van der Waals surface area contributed by atoms with Crippen LogP contribution in [0.15, 0.2) is 4.52 Å². The lowest BCUT2D eigenvalue weighted by molar-refractivity contribution is 0.0854. The average Bonchev–Trinajstić information content (AvgIpc) is 2.73. The van der Waals surface area contributed by atoms with E-state index in [4.69, 9.17) is 15.0 Å². The van der Waals surface area contributed by atoms with Crippen molar-refractivity contribution in [3.05, 3.63) is 11.7 Å². The van der Waals surface area contributed by atoms with Crippen molar-refractivity contribution in [2.24, 2.45) is 5.73 Å². The van der Waals surface area contributed by atoms with Crippen molar-refractivity contribution < 1.29 is 9.26 Å². The molecule has 0 amide bonds. The molecule has 0 aliphatic carbocycles. The Morgan fingerprint density at radius 2 is 2.20 bits per heavy atom. The van der Waals surface area contributed by atoms with Crippen LogP contribution in [0.25, 0.3) is 0 Å². The topological polar surface area (TPSA) is 74.2 Å². The molecular weight excluding hydrogens is 194 g/mol. The van der Waals surface area contributed by atoms with Gasteiger partial charge in [0.2, 0.25) is 11.7 Å². The number of ether oxygens (including phenoxy) is 1. The summed E-state index contributed by atoms with van der Waals surface area (Å²) in [6, 6.07) is -0.176. The van der Waals surface area contributed by atoms with Gasteiger partial charge in [-0.2, -0.15) is 4.98 Å². The zero-order valence-corrected chi connectivity index (χ0v) is 9.56. The van der Waals surface area contributed by atoms with Gasteiger partial charge in [-0.1, -0.05) is 25.4 Å². The molecule has 0 radical (unpaired) electrons. The molecule has 1 aromatic heterocycles. The largest absolute Gasteiger partial charge is 0.373 e. The van der Waals surface area contributed by atoms with Crippen LogP contribution in [-0.4, -0.2) is 17.3 Å². The average molecular weight is 213 g/mol. The Hall–Kier alpha value is -0.940. The van der Waals surface area contributed by atoms with Crippen LogP contribution in [0.3, 0.4) is 0 Å². The van der Waals surface area contributed by atoms with Crippen molar-refractivity contribution in [2.75, 3.05) is 7.11 Å². The Kier molecular flexibility index (Phi) is 4.71. The molecule has 5 heteroatoms. The van der Waals surface area contributed by atoms with Gasteiger partial charge in [-0.3, -0.25) is 0 Å². The van der Waals surface area contributed by atoms with Crippen molar-refractivity contribution in [2.45, 2.75) is 45.3 Å². The van der Waals surface area contributed by atoms with Gasteiger partial charge in [0.05, 0.1) is 6.04 Å². The lowest BCUT2D eigenvalue weighted by Crippen LogP contribution is -2.09. The molecule has 86 valence electrons. The van der Waals surface area contributed by atoms with Crippen molar-refractivity contribution >= 4 is 0 Å². The van der Waals surface area contributed by atoms with Gasteiger partial charge in [-0.15, -0.1) is 0 Å². The van der Waals surface area contributed by atoms with Crippen LogP contribution in [0.4, 0.5) is 0 Å². The number of hydrogen-bond acceptors (Lipinski definition) is 5. The highest BCUT2D eigenvalue weighted by atomic mass is 16.5. The van der Waals surface area contributed by atoms with E-state index < -0.39 is 0 Å². The Morgan fingerprint density at radius 3 is 2.73 bits per heavy atom. The first kappa shape index (κ1) is 12.1. The van der Waals surface area contributed by atoms with E-state index in [1.807, 2.05) is 6.92 Å². The summed E-state index contributed by atoms with van der Waals surface area (Å²) >= 11 is 0. The summed E-state index contributed by atoms with van der Waals surface area (Å²) in [4.78, 5) is 4.24. The third-order valence-electron chi connectivity index (χ3n) is 2.34. The van der Waals surface area contributed by atoms with E-state index in [2.05, 4.69) is 17.1 Å². The molecule has 1 rings (SSSR count). The molecule has 0 fully saturated rings. The minimum Gasteiger partial charge on any atom is -0.373 e. The summed E-state index contributed by atoms with van der Waals surface area (Å²) in [5.41, 5.74) is 5.79. The normalized spacial score (nSPS) is 15.2. The molecule has 0 aliphatic rings. The van der Waals surface area contributed by atoms with Crippen LogP contribution < -0.4 is 5.73 Å². The highest BCUT2D eigenvalue weighted by molar-refractivity contribution is 4.94. The van der Waals surface area contributed by atoms with Crippen LogP contribution in [0.1, 0.15) is 57.0 Å². The molecule has 0 bridgehead atoms. The fraction of sp³-hybridized carbons (Fsp3) is 0.800. The summed E-state index contributed by atoms with van der Waals surface area (Å²) in [6.07, 6.45) is 2.60. The molecule has 0 aliphatic heterocycles. The third kappa shape index (κ3) is 3.00. The summed E-state index contributed by atoms with van der Waals surface area (Å²) in [7, 11) is 1.65. The highest BCUT2D eigenvalue weighted by Crippen LogP contribution is 2.20. The van der Waals surface area contributed by atoms with Crippen LogP contribution in [-0.2, 0) is 4.74 Å². The van der Waals surface area contributed by atoms with Gasteiger partial charge in [0.1, 0.15) is 6.10 Å². The lowest BCUT2D eigenvalue weighted by Gasteiger charge is -2.08. The van der Waals surface area contributed by atoms with E-state index in [-0.39, 0.29) is 12.1 Å². The monoisotopic (exact) mass is 213 g/mol. The molecule has 15 heavy (non-hydrogen) atoms. The summed E-state index contributed by atoms with van der Waals surface area (Å²) in [5, 5.41) is 3.88. The third-order valence-corrected chi connectivity index (χ3v) is 2.34. The number of aromatic nitrogens is 2. The van der Waals surface area contributed by atoms with Crippen molar-refractivity contribution in [3.8, 4) is 0 Å². The Morgan fingerprint density at radius 1 is 1.47 bits per heavy atom. The van der Waals surface area contributed by atoms with E-state index in [9.17, 15) is 0 Å². The molecule has 1 heterocycles. The molecule has 1 unspecified atom stereocenters. The molecule has 0 spiro atoms. The van der Waals surface area contributed by atoms with Crippen molar-refractivity contribution in [3.63, 3.8) is 0 Å². The van der Waals surface area contributed by atoms with Crippen molar-refractivity contribution in [1.29, 1.82) is 0 Å². The first-order valence-electron chi connectivity index (χ1n) is 5.34. The van der Waals surface area contributed by atoms with Gasteiger partial charge in [0.15, 0.2) is 0 Å². The Balaban J connectivity index is 2.72. The van der Waals surface area contributed by atoms with Crippen molar-refractivity contribution in [1.82, 2.24) is 10.1 Å². The lowest BCUT2D eigenvalue weighted by atomic mass is 10.2. The molecule has 0 aromatic carbocycles. The fourth-order valence-corrected chi connectivity index (χ4v) is 1.32. The second-order valence-corrected chi connectivity index (χ2v) is 3.52. The molecule has 0 saturated carbocycles. The fourth-order valence-electron chi connectivity index (χ4n) is 1.32. The molecule has 2 atom stereocenters. The zero-order chi connectivity index (χ0) is 11.3. The predicted octanol–water partition coefficient (Wildman–Crippen LogP) is 1.97.